The molecule has 0 bridgehead atoms. The number of hydrogen-bond donors (Lipinski definition) is 1. The molecule has 182 valence electrons. The number of rotatable bonds is 5. The van der Waals surface area contributed by atoms with Crippen molar-refractivity contribution in [3.63, 3.8) is 0 Å². The zero-order chi connectivity index (χ0) is 25.2. The fraction of sp³-hybridized carbons (Fsp3) is 0.400. The molecule has 1 aliphatic rings. The maximum atomic E-state index is 12.8. The van der Waals surface area contributed by atoms with Gasteiger partial charge in [0.15, 0.2) is 0 Å². The Morgan fingerprint density at radius 1 is 1.23 bits per heavy atom. The molecule has 0 spiro atoms. The average Bonchev–Trinajstić information content (AvgIpc) is 3.24. The number of nitriles is 1. The molecule has 0 aliphatic carbocycles. The Hall–Kier alpha value is -3.15. The number of aromatic nitrogens is 4. The van der Waals surface area contributed by atoms with E-state index in [2.05, 4.69) is 21.4 Å². The number of imidazole rings is 1. The van der Waals surface area contributed by atoms with Gasteiger partial charge in [0.05, 0.1) is 34.4 Å². The second-order valence-corrected chi connectivity index (χ2v) is 10.4. The van der Waals surface area contributed by atoms with E-state index in [1.54, 1.807) is 30.6 Å². The molecule has 1 N–H and O–H groups in total. The summed E-state index contributed by atoms with van der Waals surface area (Å²) in [4.78, 5) is 28.3. The smallest absolute Gasteiger partial charge is 0.228 e. The molecule has 4 rings (SSSR count). The predicted molar refractivity (Wildman–Crippen MR) is 137 cm³/mol. The molecule has 0 saturated carbocycles. The lowest BCUT2D eigenvalue weighted by atomic mass is 9.93. The van der Waals surface area contributed by atoms with Gasteiger partial charge in [-0.15, -0.1) is 0 Å². The van der Waals surface area contributed by atoms with Gasteiger partial charge in [0.25, 0.3) is 0 Å². The first-order valence-electron chi connectivity index (χ1n) is 11.5. The van der Waals surface area contributed by atoms with Crippen molar-refractivity contribution in [1.29, 1.82) is 5.26 Å². The van der Waals surface area contributed by atoms with Crippen LogP contribution in [0.5, 0.6) is 0 Å². The summed E-state index contributed by atoms with van der Waals surface area (Å²) in [5.74, 6) is 1.77. The second kappa shape index (κ2) is 10.2. The minimum Gasteiger partial charge on any atom is -0.350 e. The third-order valence-electron chi connectivity index (χ3n) is 5.83. The Morgan fingerprint density at radius 2 is 2.03 bits per heavy atom. The van der Waals surface area contributed by atoms with Crippen LogP contribution >= 0.6 is 23.2 Å². The number of anilines is 1. The highest BCUT2D eigenvalue weighted by Crippen LogP contribution is 2.30. The van der Waals surface area contributed by atoms with Crippen LogP contribution in [0.2, 0.25) is 10.0 Å². The van der Waals surface area contributed by atoms with Crippen LogP contribution in [0, 0.1) is 16.7 Å². The van der Waals surface area contributed by atoms with Crippen LogP contribution in [0.25, 0.3) is 17.2 Å². The van der Waals surface area contributed by atoms with E-state index in [4.69, 9.17) is 28.2 Å². The highest BCUT2D eigenvalue weighted by Gasteiger charge is 2.31. The van der Waals surface area contributed by atoms with Gasteiger partial charge in [-0.3, -0.25) is 9.36 Å². The van der Waals surface area contributed by atoms with E-state index in [9.17, 15) is 10.1 Å². The zero-order valence-electron chi connectivity index (χ0n) is 19.9. The van der Waals surface area contributed by atoms with Crippen LogP contribution < -0.4 is 5.32 Å². The first kappa shape index (κ1) is 25.0. The Bertz CT molecular complexity index is 1280. The summed E-state index contributed by atoms with van der Waals surface area (Å²) in [6.07, 6.45) is 5.32. The third-order valence-corrected chi connectivity index (χ3v) is 6.57. The molecule has 1 aliphatic heterocycles. The third kappa shape index (κ3) is 5.58. The van der Waals surface area contributed by atoms with Crippen molar-refractivity contribution in [1.82, 2.24) is 24.4 Å². The number of amides is 1. The zero-order valence-corrected chi connectivity index (χ0v) is 21.4. The van der Waals surface area contributed by atoms with Crippen LogP contribution in [0.1, 0.15) is 39.3 Å². The molecular weight excluding hydrogens is 485 g/mol. The monoisotopic (exact) mass is 511 g/mol. The number of nitrogens with one attached hydrogen (secondary N) is 1. The van der Waals surface area contributed by atoms with E-state index in [0.717, 1.165) is 24.9 Å². The molecule has 1 aromatic carbocycles. The SMILES string of the molecule is CC(C)(C)C(=O)N1CCCC(Nc2nccc(-n3c(CC#N)cnc3-c3ccc(Cl)c(Cl)c3)n2)C1. The Morgan fingerprint density at radius 3 is 2.74 bits per heavy atom. The Balaban J connectivity index is 1.63. The van der Waals surface area contributed by atoms with Crippen molar-refractivity contribution in [2.75, 3.05) is 18.4 Å². The number of piperidine rings is 1. The molecule has 1 saturated heterocycles. The minimum absolute atomic E-state index is 0.0428. The first-order chi connectivity index (χ1) is 16.7. The molecule has 3 heterocycles. The number of halogens is 2. The molecular formula is C25H27Cl2N7O. The van der Waals surface area contributed by atoms with Crippen LogP contribution in [-0.4, -0.2) is 49.5 Å². The minimum atomic E-state index is -0.419. The van der Waals surface area contributed by atoms with Gasteiger partial charge in [-0.05, 0) is 37.1 Å². The Kier molecular flexibility index (Phi) is 7.29. The summed E-state index contributed by atoms with van der Waals surface area (Å²) in [5, 5.41) is 13.6. The van der Waals surface area contributed by atoms with Gasteiger partial charge in [-0.2, -0.15) is 10.2 Å². The van der Waals surface area contributed by atoms with E-state index >= 15 is 0 Å². The standard InChI is InChI=1S/C25H27Cl2N7O/c1-25(2,3)23(35)33-12-4-5-17(15-33)31-24-29-11-9-21(32-24)34-18(8-10-28)14-30-22(34)16-6-7-19(26)20(27)13-16/h6-7,9,11,13-14,17H,4-5,8,12,15H2,1-3H3,(H,29,31,32). The summed E-state index contributed by atoms with van der Waals surface area (Å²) in [7, 11) is 0. The van der Waals surface area contributed by atoms with Gasteiger partial charge in [0, 0.05) is 36.3 Å². The quantitative estimate of drug-likeness (QED) is 0.508. The van der Waals surface area contributed by atoms with Crippen molar-refractivity contribution >= 4 is 35.1 Å². The summed E-state index contributed by atoms with van der Waals surface area (Å²) in [6, 6.07) is 9.27. The van der Waals surface area contributed by atoms with Gasteiger partial charge in [-0.25, -0.2) is 9.97 Å². The lowest BCUT2D eigenvalue weighted by molar-refractivity contribution is -0.140. The van der Waals surface area contributed by atoms with Crippen LogP contribution in [0.3, 0.4) is 0 Å². The fourth-order valence-electron chi connectivity index (χ4n) is 4.17. The van der Waals surface area contributed by atoms with E-state index in [1.165, 1.54) is 0 Å². The normalized spacial score (nSPS) is 16.1. The lowest BCUT2D eigenvalue weighted by Gasteiger charge is -2.36. The number of likely N-dealkylation sites (tertiary alicyclic amines) is 1. The van der Waals surface area contributed by atoms with Crippen molar-refractivity contribution in [3.05, 3.63) is 52.4 Å². The first-order valence-corrected chi connectivity index (χ1v) is 12.2. The topological polar surface area (TPSA) is 99.7 Å². The van der Waals surface area contributed by atoms with Gasteiger partial charge in [0.1, 0.15) is 11.6 Å². The molecule has 35 heavy (non-hydrogen) atoms. The molecule has 1 fully saturated rings. The van der Waals surface area contributed by atoms with E-state index in [-0.39, 0.29) is 18.4 Å². The maximum Gasteiger partial charge on any atom is 0.228 e. The van der Waals surface area contributed by atoms with Gasteiger partial charge >= 0.3 is 0 Å². The average molecular weight is 512 g/mol. The van der Waals surface area contributed by atoms with E-state index in [1.807, 2.05) is 36.3 Å². The highest BCUT2D eigenvalue weighted by molar-refractivity contribution is 6.42. The predicted octanol–water partition coefficient (Wildman–Crippen LogP) is 5.15. The molecule has 8 nitrogen and oxygen atoms in total. The number of benzene rings is 1. The van der Waals surface area contributed by atoms with Crippen LogP contribution in [-0.2, 0) is 11.2 Å². The number of carbonyl (C=O) groups is 1. The van der Waals surface area contributed by atoms with Crippen molar-refractivity contribution < 1.29 is 4.79 Å². The maximum absolute atomic E-state index is 12.8. The summed E-state index contributed by atoms with van der Waals surface area (Å²) in [6.45, 7) is 7.18. The second-order valence-electron chi connectivity index (χ2n) is 9.60. The van der Waals surface area contributed by atoms with Crippen molar-refractivity contribution in [2.24, 2.45) is 5.41 Å². The molecule has 10 heteroatoms. The van der Waals surface area contributed by atoms with Crippen LogP contribution in [0.15, 0.2) is 36.7 Å². The molecule has 3 aromatic rings. The van der Waals surface area contributed by atoms with Crippen molar-refractivity contribution in [3.8, 4) is 23.3 Å². The summed E-state index contributed by atoms with van der Waals surface area (Å²) < 4.78 is 1.83. The number of carbonyl (C=O) groups excluding carboxylic acids is 1. The number of nitrogens with zero attached hydrogens (tertiary/aromatic N) is 6. The Labute approximate surface area is 214 Å². The molecule has 2 aromatic heterocycles. The lowest BCUT2D eigenvalue weighted by Crippen LogP contribution is -2.49. The van der Waals surface area contributed by atoms with E-state index in [0.29, 0.717) is 39.9 Å². The largest absolute Gasteiger partial charge is 0.350 e. The van der Waals surface area contributed by atoms with Gasteiger partial charge in [0.2, 0.25) is 11.9 Å². The molecule has 1 unspecified atom stereocenters. The van der Waals surface area contributed by atoms with Gasteiger partial charge < -0.3 is 10.2 Å². The van der Waals surface area contributed by atoms with Crippen molar-refractivity contribution in [2.45, 2.75) is 46.1 Å². The molecule has 0 radical (unpaired) electrons. The van der Waals surface area contributed by atoms with Crippen LogP contribution in [0.4, 0.5) is 5.95 Å². The highest BCUT2D eigenvalue weighted by atomic mass is 35.5. The fourth-order valence-corrected chi connectivity index (χ4v) is 4.47. The summed E-state index contributed by atoms with van der Waals surface area (Å²) in [5.41, 5.74) is 1.02. The van der Waals surface area contributed by atoms with Gasteiger partial charge in [-0.1, -0.05) is 44.0 Å². The molecule has 1 amide bonds. The summed E-state index contributed by atoms with van der Waals surface area (Å²) >= 11 is 12.3. The van der Waals surface area contributed by atoms with E-state index < -0.39 is 5.41 Å². The number of hydrogen-bond acceptors (Lipinski definition) is 6. The molecule has 1 atom stereocenters.